The number of hydrogen-bond acceptors (Lipinski definition) is 5. The van der Waals surface area contributed by atoms with Crippen molar-refractivity contribution in [2.24, 2.45) is 0 Å². The zero-order valence-corrected chi connectivity index (χ0v) is 14.0. The van der Waals surface area contributed by atoms with Gasteiger partial charge in [0.15, 0.2) is 5.57 Å². The molecule has 2 rings (SSSR count). The van der Waals surface area contributed by atoms with Gasteiger partial charge in [0.2, 0.25) is 0 Å². The van der Waals surface area contributed by atoms with Crippen LogP contribution in [0.25, 0.3) is 0 Å². The normalized spacial score (nSPS) is 17.1. The minimum atomic E-state index is -1.25. The van der Waals surface area contributed by atoms with Gasteiger partial charge in [-0.25, -0.2) is 9.59 Å². The number of aryl methyl sites for hydroxylation is 1. The van der Waals surface area contributed by atoms with E-state index in [-0.39, 0.29) is 5.57 Å². The number of ether oxygens (including phenoxy) is 2. The van der Waals surface area contributed by atoms with E-state index in [0.717, 1.165) is 5.56 Å². The molecular formula is C14H13BrClNO4. The van der Waals surface area contributed by atoms with E-state index in [4.69, 9.17) is 21.1 Å². The quantitative estimate of drug-likeness (QED) is 0.487. The molecule has 1 aliphatic rings. The van der Waals surface area contributed by atoms with E-state index in [9.17, 15) is 9.59 Å². The third-order valence-electron chi connectivity index (χ3n) is 2.73. The van der Waals surface area contributed by atoms with Crippen LogP contribution in [0.1, 0.15) is 19.4 Å². The number of nitrogens with one attached hydrogen (secondary N) is 1. The van der Waals surface area contributed by atoms with Crippen molar-refractivity contribution >= 4 is 45.2 Å². The molecule has 1 fully saturated rings. The number of esters is 2. The van der Waals surface area contributed by atoms with Gasteiger partial charge in [-0.05, 0) is 40.5 Å². The summed E-state index contributed by atoms with van der Waals surface area (Å²) in [6.45, 7) is 4.83. The molecule has 0 amide bonds. The minimum Gasteiger partial charge on any atom is -0.419 e. The summed E-state index contributed by atoms with van der Waals surface area (Å²) in [6.07, 6.45) is 1.26. The number of benzene rings is 1. The predicted molar refractivity (Wildman–Crippen MR) is 81.9 cm³/mol. The second-order valence-electron chi connectivity index (χ2n) is 4.96. The van der Waals surface area contributed by atoms with Crippen LogP contribution in [0.3, 0.4) is 0 Å². The first-order valence-electron chi connectivity index (χ1n) is 6.08. The highest BCUT2D eigenvalue weighted by Crippen LogP contribution is 2.30. The van der Waals surface area contributed by atoms with Crippen molar-refractivity contribution in [2.45, 2.75) is 26.6 Å². The van der Waals surface area contributed by atoms with E-state index in [1.54, 1.807) is 12.1 Å². The number of anilines is 1. The molecule has 0 atom stereocenters. The van der Waals surface area contributed by atoms with Crippen molar-refractivity contribution in [2.75, 3.05) is 5.32 Å². The third-order valence-corrected chi connectivity index (χ3v) is 3.57. The van der Waals surface area contributed by atoms with Gasteiger partial charge >= 0.3 is 11.9 Å². The monoisotopic (exact) mass is 373 g/mol. The first kappa shape index (κ1) is 15.9. The maximum absolute atomic E-state index is 11.8. The summed E-state index contributed by atoms with van der Waals surface area (Å²) in [5, 5.41) is 3.48. The molecule has 0 unspecified atom stereocenters. The van der Waals surface area contributed by atoms with Gasteiger partial charge in [-0.15, -0.1) is 0 Å². The van der Waals surface area contributed by atoms with Gasteiger partial charge in [0, 0.05) is 29.5 Å². The Morgan fingerprint density at radius 3 is 2.33 bits per heavy atom. The summed E-state index contributed by atoms with van der Waals surface area (Å²) in [6, 6.07) is 3.46. The van der Waals surface area contributed by atoms with Crippen LogP contribution in [-0.4, -0.2) is 17.7 Å². The summed E-state index contributed by atoms with van der Waals surface area (Å²) >= 11 is 9.29. The Kier molecular flexibility index (Phi) is 4.30. The molecule has 0 radical (unpaired) electrons. The fourth-order valence-corrected chi connectivity index (χ4v) is 2.89. The lowest BCUT2D eigenvalue weighted by atomic mass is 10.2. The van der Waals surface area contributed by atoms with E-state index < -0.39 is 17.7 Å². The van der Waals surface area contributed by atoms with Gasteiger partial charge < -0.3 is 14.8 Å². The van der Waals surface area contributed by atoms with Crippen LogP contribution < -0.4 is 5.32 Å². The van der Waals surface area contributed by atoms with Gasteiger partial charge in [0.1, 0.15) is 0 Å². The summed E-state index contributed by atoms with van der Waals surface area (Å²) in [4.78, 5) is 23.6. The van der Waals surface area contributed by atoms with Gasteiger partial charge in [0.05, 0.1) is 5.69 Å². The molecule has 1 saturated heterocycles. The second-order valence-corrected chi connectivity index (χ2v) is 6.25. The maximum Gasteiger partial charge on any atom is 0.350 e. The summed E-state index contributed by atoms with van der Waals surface area (Å²) in [5.74, 6) is -2.71. The van der Waals surface area contributed by atoms with Crippen LogP contribution in [0.15, 0.2) is 28.4 Å². The first-order chi connectivity index (χ1) is 9.69. The smallest absolute Gasteiger partial charge is 0.350 e. The number of cyclic esters (lactones) is 2. The standard InChI is InChI=1S/C14H13BrClNO4/c1-7-4-8(16)5-10(15)11(7)17-6-9-12(18)20-14(2,3)21-13(9)19/h4-6,17H,1-3H3. The number of carbonyl (C=O) groups excluding carboxylic acids is 2. The zero-order valence-electron chi connectivity index (χ0n) is 11.6. The molecule has 0 aromatic heterocycles. The van der Waals surface area contributed by atoms with E-state index in [2.05, 4.69) is 21.2 Å². The van der Waals surface area contributed by atoms with E-state index in [1.807, 2.05) is 6.92 Å². The minimum absolute atomic E-state index is 0.199. The molecule has 1 aromatic rings. The molecule has 112 valence electrons. The molecule has 1 aliphatic heterocycles. The summed E-state index contributed by atoms with van der Waals surface area (Å²) in [7, 11) is 0. The SMILES string of the molecule is Cc1cc(Cl)cc(Br)c1NC=C1C(=O)OC(C)(C)OC1=O. The Balaban J connectivity index is 2.26. The molecule has 21 heavy (non-hydrogen) atoms. The van der Waals surface area contributed by atoms with Crippen molar-refractivity contribution in [3.05, 3.63) is 39.0 Å². The van der Waals surface area contributed by atoms with Gasteiger partial charge in [0.25, 0.3) is 5.79 Å². The van der Waals surface area contributed by atoms with Crippen LogP contribution in [0.5, 0.6) is 0 Å². The van der Waals surface area contributed by atoms with E-state index in [1.165, 1.54) is 20.0 Å². The lowest BCUT2D eigenvalue weighted by Gasteiger charge is -2.29. The molecule has 0 bridgehead atoms. The van der Waals surface area contributed by atoms with Crippen LogP contribution in [0.2, 0.25) is 5.02 Å². The molecular weight excluding hydrogens is 362 g/mol. The van der Waals surface area contributed by atoms with Crippen LogP contribution >= 0.6 is 27.5 Å². The van der Waals surface area contributed by atoms with Crippen LogP contribution in [0.4, 0.5) is 5.69 Å². The Bertz CT molecular complexity index is 609. The van der Waals surface area contributed by atoms with Crippen molar-refractivity contribution in [3.63, 3.8) is 0 Å². The topological polar surface area (TPSA) is 64.6 Å². The molecule has 1 N–H and O–H groups in total. The second kappa shape index (κ2) is 5.69. The number of rotatable bonds is 2. The van der Waals surface area contributed by atoms with Crippen molar-refractivity contribution < 1.29 is 19.1 Å². The molecule has 1 aromatic carbocycles. The van der Waals surface area contributed by atoms with Crippen LogP contribution in [-0.2, 0) is 19.1 Å². The highest BCUT2D eigenvalue weighted by Gasteiger charge is 2.38. The van der Waals surface area contributed by atoms with Gasteiger partial charge in [-0.2, -0.15) is 0 Å². The fraction of sp³-hybridized carbons (Fsp3) is 0.286. The van der Waals surface area contributed by atoms with Crippen molar-refractivity contribution in [1.29, 1.82) is 0 Å². The average Bonchev–Trinajstić information content (AvgIpc) is 2.29. The number of halogens is 2. The highest BCUT2D eigenvalue weighted by molar-refractivity contribution is 9.10. The summed E-state index contributed by atoms with van der Waals surface area (Å²) < 4.78 is 10.7. The van der Waals surface area contributed by atoms with Crippen molar-refractivity contribution in [1.82, 2.24) is 0 Å². The predicted octanol–water partition coefficient (Wildman–Crippen LogP) is 3.54. The van der Waals surface area contributed by atoms with Crippen LogP contribution in [0, 0.1) is 6.92 Å². The molecule has 7 heteroatoms. The first-order valence-corrected chi connectivity index (χ1v) is 7.26. The summed E-state index contributed by atoms with van der Waals surface area (Å²) in [5.41, 5.74) is 1.34. The Labute approximate surface area is 135 Å². The van der Waals surface area contributed by atoms with E-state index in [0.29, 0.717) is 15.2 Å². The lowest BCUT2D eigenvalue weighted by molar-refractivity contribution is -0.222. The fourth-order valence-electron chi connectivity index (χ4n) is 1.81. The Morgan fingerprint density at radius 1 is 1.24 bits per heavy atom. The van der Waals surface area contributed by atoms with Gasteiger partial charge in [-0.1, -0.05) is 11.6 Å². The largest absolute Gasteiger partial charge is 0.419 e. The molecule has 5 nitrogen and oxygen atoms in total. The van der Waals surface area contributed by atoms with Crippen molar-refractivity contribution in [3.8, 4) is 0 Å². The zero-order chi connectivity index (χ0) is 15.8. The van der Waals surface area contributed by atoms with Gasteiger partial charge in [-0.3, -0.25) is 0 Å². The molecule has 0 aliphatic carbocycles. The molecule has 0 saturated carbocycles. The Morgan fingerprint density at radius 2 is 1.81 bits per heavy atom. The van der Waals surface area contributed by atoms with E-state index >= 15 is 0 Å². The average molecular weight is 375 g/mol. The highest BCUT2D eigenvalue weighted by atomic mass is 79.9. The molecule has 1 heterocycles. The number of hydrogen-bond donors (Lipinski definition) is 1. The lowest BCUT2D eigenvalue weighted by Crippen LogP contribution is -2.42. The maximum atomic E-state index is 11.8. The Hall–Kier alpha value is -1.53. The third kappa shape index (κ3) is 3.57. The number of carbonyl (C=O) groups is 2. The molecule has 0 spiro atoms.